The van der Waals surface area contributed by atoms with E-state index in [4.69, 9.17) is 4.42 Å². The number of rotatable bonds is 4. The van der Waals surface area contributed by atoms with Crippen LogP contribution in [0.25, 0.3) is 22.2 Å². The number of para-hydroxylation sites is 1. The summed E-state index contributed by atoms with van der Waals surface area (Å²) < 4.78 is 6.35. The molecule has 0 saturated heterocycles. The zero-order valence-electron chi connectivity index (χ0n) is 14.8. The summed E-state index contributed by atoms with van der Waals surface area (Å²) in [6.45, 7) is 0. The maximum atomic E-state index is 6.35. The van der Waals surface area contributed by atoms with Crippen molar-refractivity contribution in [2.45, 2.75) is 5.92 Å². The van der Waals surface area contributed by atoms with Gasteiger partial charge in [-0.05, 0) is 29.3 Å². The highest BCUT2D eigenvalue weighted by Gasteiger charge is 2.23. The van der Waals surface area contributed by atoms with Gasteiger partial charge in [-0.25, -0.2) is 0 Å². The van der Waals surface area contributed by atoms with Gasteiger partial charge in [0.2, 0.25) is 0 Å². The van der Waals surface area contributed by atoms with Crippen LogP contribution in [0.5, 0.6) is 0 Å². The van der Waals surface area contributed by atoms with Gasteiger partial charge in [0.25, 0.3) is 0 Å². The van der Waals surface area contributed by atoms with E-state index in [2.05, 4.69) is 84.0 Å². The Bertz CT molecular complexity index is 1170. The smallest absolute Gasteiger partial charge is 0.134 e. The summed E-state index contributed by atoms with van der Waals surface area (Å²) in [5.74, 6) is 1.89. The second kappa shape index (κ2) is 6.65. The molecule has 1 N–H and O–H groups in total. The van der Waals surface area contributed by atoms with Gasteiger partial charge in [0, 0.05) is 22.7 Å². The van der Waals surface area contributed by atoms with Crippen molar-refractivity contribution in [1.29, 1.82) is 0 Å². The Kier molecular flexibility index (Phi) is 3.87. The van der Waals surface area contributed by atoms with E-state index in [9.17, 15) is 0 Å². The van der Waals surface area contributed by atoms with Crippen LogP contribution in [-0.2, 0) is 0 Å². The van der Waals surface area contributed by atoms with Gasteiger partial charge in [0.15, 0.2) is 0 Å². The molecule has 1 atom stereocenters. The standard InChI is InChI=1S/C25H19NO/c1-3-9-18(10-4-1)23-15-16-24(27-23)25(19-11-5-2-6-12-19)21-17-26-22-14-8-7-13-20(21)22/h1-17,25-26H. The van der Waals surface area contributed by atoms with Gasteiger partial charge in [0.05, 0.1) is 5.92 Å². The molecule has 0 aliphatic heterocycles. The lowest BCUT2D eigenvalue weighted by Gasteiger charge is -2.15. The summed E-state index contributed by atoms with van der Waals surface area (Å²) in [5, 5.41) is 1.23. The first-order valence-corrected chi connectivity index (χ1v) is 9.16. The van der Waals surface area contributed by atoms with E-state index in [-0.39, 0.29) is 5.92 Å². The van der Waals surface area contributed by atoms with Crippen LogP contribution in [0, 0.1) is 0 Å². The Morgan fingerprint density at radius 3 is 2.19 bits per heavy atom. The van der Waals surface area contributed by atoms with E-state index in [1.165, 1.54) is 16.5 Å². The Morgan fingerprint density at radius 1 is 0.667 bits per heavy atom. The first-order valence-electron chi connectivity index (χ1n) is 9.16. The third kappa shape index (κ3) is 2.85. The molecular weight excluding hydrogens is 330 g/mol. The molecule has 2 heteroatoms. The number of H-pyrrole nitrogens is 1. The number of furan rings is 1. The van der Waals surface area contributed by atoms with Crippen molar-refractivity contribution in [2.75, 3.05) is 0 Å². The van der Waals surface area contributed by atoms with Gasteiger partial charge in [-0.1, -0.05) is 78.9 Å². The number of aromatic nitrogens is 1. The summed E-state index contributed by atoms with van der Waals surface area (Å²) in [7, 11) is 0. The highest BCUT2D eigenvalue weighted by atomic mass is 16.3. The molecule has 0 radical (unpaired) electrons. The topological polar surface area (TPSA) is 28.9 Å². The number of fused-ring (bicyclic) bond motifs is 1. The van der Waals surface area contributed by atoms with Gasteiger partial charge >= 0.3 is 0 Å². The fourth-order valence-corrected chi connectivity index (χ4v) is 3.74. The highest BCUT2D eigenvalue weighted by Crippen LogP contribution is 2.38. The fourth-order valence-electron chi connectivity index (χ4n) is 3.74. The molecule has 5 aromatic rings. The van der Waals surface area contributed by atoms with Crippen molar-refractivity contribution >= 4 is 10.9 Å². The summed E-state index contributed by atoms with van der Waals surface area (Å²) in [6.07, 6.45) is 2.10. The SMILES string of the molecule is c1ccc(-c2ccc(C(c3ccccc3)c3c[nH]c4ccccc34)o2)cc1. The van der Waals surface area contributed by atoms with Crippen LogP contribution in [0.3, 0.4) is 0 Å². The summed E-state index contributed by atoms with van der Waals surface area (Å²) in [5.41, 5.74) is 4.68. The molecule has 0 saturated carbocycles. The first kappa shape index (κ1) is 15.7. The quantitative estimate of drug-likeness (QED) is 0.389. The molecule has 0 fully saturated rings. The number of hydrogen-bond donors (Lipinski definition) is 1. The largest absolute Gasteiger partial charge is 0.460 e. The molecule has 2 nitrogen and oxygen atoms in total. The molecule has 1 unspecified atom stereocenters. The van der Waals surface area contributed by atoms with E-state index >= 15 is 0 Å². The van der Waals surface area contributed by atoms with Crippen molar-refractivity contribution in [3.63, 3.8) is 0 Å². The van der Waals surface area contributed by atoms with Gasteiger partial charge in [0.1, 0.15) is 11.5 Å². The second-order valence-electron chi connectivity index (χ2n) is 6.70. The molecule has 0 aliphatic carbocycles. The van der Waals surface area contributed by atoms with Crippen LogP contribution in [0.4, 0.5) is 0 Å². The minimum absolute atomic E-state index is 0.0415. The van der Waals surface area contributed by atoms with Crippen LogP contribution in [-0.4, -0.2) is 4.98 Å². The molecular formula is C25H19NO. The molecule has 0 aliphatic rings. The van der Waals surface area contributed by atoms with Gasteiger partial charge in [-0.15, -0.1) is 0 Å². The van der Waals surface area contributed by atoms with Crippen LogP contribution in [0.2, 0.25) is 0 Å². The molecule has 130 valence electrons. The zero-order valence-corrected chi connectivity index (χ0v) is 14.8. The minimum atomic E-state index is 0.0415. The van der Waals surface area contributed by atoms with Crippen molar-refractivity contribution < 1.29 is 4.42 Å². The highest BCUT2D eigenvalue weighted by molar-refractivity contribution is 5.84. The number of hydrogen-bond acceptors (Lipinski definition) is 1. The van der Waals surface area contributed by atoms with Crippen molar-refractivity contribution in [3.05, 3.63) is 120 Å². The number of aromatic amines is 1. The molecule has 0 amide bonds. The van der Waals surface area contributed by atoms with Gasteiger partial charge in [-0.2, -0.15) is 0 Å². The lowest BCUT2D eigenvalue weighted by Crippen LogP contribution is -2.01. The Hall–Kier alpha value is -3.52. The number of nitrogens with one attached hydrogen (secondary N) is 1. The molecule has 27 heavy (non-hydrogen) atoms. The Balaban J connectivity index is 1.67. The summed E-state index contributed by atoms with van der Waals surface area (Å²) in [6, 6.07) is 33.4. The molecule has 2 heterocycles. The zero-order chi connectivity index (χ0) is 18.1. The average Bonchev–Trinajstić information content (AvgIpc) is 3.38. The lowest BCUT2D eigenvalue weighted by atomic mass is 9.89. The molecule has 5 rings (SSSR count). The van der Waals surface area contributed by atoms with E-state index in [0.29, 0.717) is 0 Å². The first-order chi connectivity index (χ1) is 13.4. The van der Waals surface area contributed by atoms with Gasteiger partial charge < -0.3 is 9.40 Å². The maximum absolute atomic E-state index is 6.35. The normalized spacial score (nSPS) is 12.3. The van der Waals surface area contributed by atoms with Crippen molar-refractivity contribution in [2.24, 2.45) is 0 Å². The Morgan fingerprint density at radius 2 is 1.37 bits per heavy atom. The van der Waals surface area contributed by atoms with Crippen LogP contribution < -0.4 is 0 Å². The monoisotopic (exact) mass is 349 g/mol. The van der Waals surface area contributed by atoms with Crippen molar-refractivity contribution in [3.8, 4) is 11.3 Å². The third-order valence-electron chi connectivity index (χ3n) is 5.03. The van der Waals surface area contributed by atoms with E-state index < -0.39 is 0 Å². The maximum Gasteiger partial charge on any atom is 0.134 e. The lowest BCUT2D eigenvalue weighted by molar-refractivity contribution is 0.516. The van der Waals surface area contributed by atoms with Crippen LogP contribution >= 0.6 is 0 Å². The van der Waals surface area contributed by atoms with E-state index in [1.54, 1.807) is 0 Å². The Labute approximate surface area is 158 Å². The average molecular weight is 349 g/mol. The minimum Gasteiger partial charge on any atom is -0.460 e. The summed E-state index contributed by atoms with van der Waals surface area (Å²) >= 11 is 0. The van der Waals surface area contributed by atoms with E-state index in [0.717, 1.165) is 22.6 Å². The molecule has 3 aromatic carbocycles. The van der Waals surface area contributed by atoms with E-state index in [1.807, 2.05) is 24.3 Å². The number of benzene rings is 3. The fraction of sp³-hybridized carbons (Fsp3) is 0.0400. The van der Waals surface area contributed by atoms with Crippen LogP contribution in [0.1, 0.15) is 22.8 Å². The van der Waals surface area contributed by atoms with Crippen LogP contribution in [0.15, 0.2) is 108 Å². The predicted octanol–water partition coefficient (Wildman–Crippen LogP) is 6.61. The third-order valence-corrected chi connectivity index (χ3v) is 5.03. The molecule has 0 bridgehead atoms. The molecule has 2 aromatic heterocycles. The second-order valence-corrected chi connectivity index (χ2v) is 6.70. The van der Waals surface area contributed by atoms with Gasteiger partial charge in [-0.3, -0.25) is 0 Å². The van der Waals surface area contributed by atoms with Crippen molar-refractivity contribution in [1.82, 2.24) is 4.98 Å². The predicted molar refractivity (Wildman–Crippen MR) is 110 cm³/mol. The summed E-state index contributed by atoms with van der Waals surface area (Å²) in [4.78, 5) is 3.40. The molecule has 0 spiro atoms.